The Morgan fingerprint density at radius 2 is 1.88 bits per heavy atom. The van der Waals surface area contributed by atoms with E-state index in [9.17, 15) is 18.3 Å². The lowest BCUT2D eigenvalue weighted by Gasteiger charge is -2.38. The van der Waals surface area contributed by atoms with Gasteiger partial charge in [-0.05, 0) is 5.41 Å². The molecule has 0 amide bonds. The second-order valence-corrected chi connectivity index (χ2v) is 5.87. The molecule has 0 saturated heterocycles. The van der Waals surface area contributed by atoms with Gasteiger partial charge in [-0.3, -0.25) is 0 Å². The van der Waals surface area contributed by atoms with Crippen LogP contribution in [0.25, 0.3) is 0 Å². The summed E-state index contributed by atoms with van der Waals surface area (Å²) in [6, 6.07) is 0. The molecule has 0 spiro atoms. The highest BCUT2D eigenvalue weighted by molar-refractivity contribution is 7.11. The molecule has 1 aromatic heterocycles. The molecule has 3 N–H and O–H groups in total. The summed E-state index contributed by atoms with van der Waals surface area (Å²) in [4.78, 5) is 3.43. The maximum atomic E-state index is 12.4. The number of alkyl halides is 3. The van der Waals surface area contributed by atoms with Gasteiger partial charge in [0.05, 0.1) is 4.88 Å². The maximum Gasteiger partial charge on any atom is 0.443 e. The summed E-state index contributed by atoms with van der Waals surface area (Å²) in [5.41, 5.74) is 3.32. The minimum atomic E-state index is -4.49. The van der Waals surface area contributed by atoms with E-state index < -0.39 is 22.2 Å². The highest BCUT2D eigenvalue weighted by atomic mass is 32.1. The van der Waals surface area contributed by atoms with Crippen LogP contribution in [0.4, 0.5) is 13.2 Å². The van der Waals surface area contributed by atoms with Gasteiger partial charge in [0, 0.05) is 12.7 Å². The van der Waals surface area contributed by atoms with Crippen LogP contribution in [0.1, 0.15) is 30.7 Å². The zero-order valence-corrected chi connectivity index (χ0v) is 10.6. The zero-order chi connectivity index (χ0) is 13.5. The highest BCUT2D eigenvalue weighted by Crippen LogP contribution is 2.43. The summed E-state index contributed by atoms with van der Waals surface area (Å²) in [6.07, 6.45) is -3.44. The molecule has 3 nitrogen and oxygen atoms in total. The van der Waals surface area contributed by atoms with E-state index in [1.54, 1.807) is 20.8 Å². The fraction of sp³-hybridized carbons (Fsp3) is 0.700. The fourth-order valence-corrected chi connectivity index (χ4v) is 2.47. The van der Waals surface area contributed by atoms with Crippen LogP contribution in [0.2, 0.25) is 0 Å². The molecule has 1 aromatic rings. The van der Waals surface area contributed by atoms with Crippen LogP contribution in [0.3, 0.4) is 0 Å². The number of nitrogens with zero attached hydrogens (tertiary/aromatic N) is 1. The smallest absolute Gasteiger partial charge is 0.382 e. The molecule has 0 aliphatic rings. The van der Waals surface area contributed by atoms with Crippen molar-refractivity contribution in [1.82, 2.24) is 4.98 Å². The van der Waals surface area contributed by atoms with Crippen molar-refractivity contribution in [2.75, 3.05) is 6.54 Å². The van der Waals surface area contributed by atoms with Crippen molar-refractivity contribution in [3.63, 3.8) is 0 Å². The molecule has 17 heavy (non-hydrogen) atoms. The topological polar surface area (TPSA) is 59.1 Å². The summed E-state index contributed by atoms with van der Waals surface area (Å²) in [7, 11) is 0. The highest BCUT2D eigenvalue weighted by Gasteiger charge is 2.44. The molecule has 0 radical (unpaired) electrons. The van der Waals surface area contributed by atoms with Crippen molar-refractivity contribution in [3.05, 3.63) is 16.1 Å². The molecular weight excluding hydrogens is 253 g/mol. The molecular formula is C10H15F3N2OS. The van der Waals surface area contributed by atoms with E-state index in [1.165, 1.54) is 0 Å². The number of aliphatic hydroxyl groups is 1. The minimum Gasteiger partial charge on any atom is -0.382 e. The van der Waals surface area contributed by atoms with Gasteiger partial charge in [0.25, 0.3) is 0 Å². The van der Waals surface area contributed by atoms with Crippen LogP contribution in [0.5, 0.6) is 0 Å². The Morgan fingerprint density at radius 1 is 1.35 bits per heavy atom. The normalized spacial score (nSPS) is 16.9. The first kappa shape index (κ1) is 14.4. The molecule has 0 aromatic carbocycles. The number of nitrogens with two attached hydrogens (primary N) is 1. The molecule has 7 heteroatoms. The number of hydrogen-bond acceptors (Lipinski definition) is 4. The summed E-state index contributed by atoms with van der Waals surface area (Å²) in [6.45, 7) is 4.99. The van der Waals surface area contributed by atoms with Gasteiger partial charge in [0.1, 0.15) is 5.60 Å². The summed E-state index contributed by atoms with van der Waals surface area (Å²) < 4.78 is 37.3. The van der Waals surface area contributed by atoms with Gasteiger partial charge in [0.15, 0.2) is 5.01 Å². The van der Waals surface area contributed by atoms with Crippen molar-refractivity contribution >= 4 is 11.3 Å². The third-order valence-electron chi connectivity index (χ3n) is 2.69. The van der Waals surface area contributed by atoms with Crippen molar-refractivity contribution in [2.45, 2.75) is 32.5 Å². The van der Waals surface area contributed by atoms with E-state index >= 15 is 0 Å². The zero-order valence-electron chi connectivity index (χ0n) is 9.80. The van der Waals surface area contributed by atoms with E-state index in [0.717, 1.165) is 6.20 Å². The predicted molar refractivity (Wildman–Crippen MR) is 59.5 cm³/mol. The van der Waals surface area contributed by atoms with Gasteiger partial charge in [-0.25, -0.2) is 4.98 Å². The third kappa shape index (κ3) is 2.61. The van der Waals surface area contributed by atoms with Gasteiger partial charge in [-0.1, -0.05) is 20.8 Å². The Bertz CT molecular complexity index is 397. The number of thiazole rings is 1. The minimum absolute atomic E-state index is 0.139. The second kappa shape index (κ2) is 4.22. The van der Waals surface area contributed by atoms with Crippen LogP contribution < -0.4 is 5.73 Å². The summed E-state index contributed by atoms with van der Waals surface area (Å²) in [5.74, 6) is 0. The standard InChI is InChI=1S/C10H15F3N2OS/c1-8(2,3)9(16,5-14)6-4-15-7(17-6)10(11,12)13/h4,16H,5,14H2,1-3H3. The third-order valence-corrected chi connectivity index (χ3v) is 3.89. The molecule has 0 aliphatic heterocycles. The number of hydrogen-bond donors (Lipinski definition) is 2. The van der Waals surface area contributed by atoms with Gasteiger partial charge in [-0.15, -0.1) is 11.3 Å². The van der Waals surface area contributed by atoms with Crippen LogP contribution in [-0.4, -0.2) is 16.6 Å². The Hall–Kier alpha value is -0.660. The van der Waals surface area contributed by atoms with Crippen LogP contribution >= 0.6 is 11.3 Å². The Kier molecular flexibility index (Phi) is 3.58. The predicted octanol–water partition coefficient (Wildman–Crippen LogP) is 2.35. The number of halogens is 3. The largest absolute Gasteiger partial charge is 0.443 e. The van der Waals surface area contributed by atoms with Gasteiger partial charge in [0.2, 0.25) is 0 Å². The average Bonchev–Trinajstić information content (AvgIpc) is 2.62. The Labute approximate surface area is 101 Å². The lowest BCUT2D eigenvalue weighted by atomic mass is 9.76. The summed E-state index contributed by atoms with van der Waals surface area (Å²) >= 11 is 0.432. The number of aromatic nitrogens is 1. The van der Waals surface area contributed by atoms with Crippen LogP contribution in [0, 0.1) is 5.41 Å². The first-order valence-corrected chi connectivity index (χ1v) is 5.80. The van der Waals surface area contributed by atoms with E-state index in [4.69, 9.17) is 5.73 Å². The molecule has 1 unspecified atom stereocenters. The number of rotatable bonds is 2. The van der Waals surface area contributed by atoms with Gasteiger partial charge >= 0.3 is 6.18 Å². The molecule has 1 rings (SSSR count). The average molecular weight is 268 g/mol. The lowest BCUT2D eigenvalue weighted by Crippen LogP contribution is -2.45. The van der Waals surface area contributed by atoms with Gasteiger partial charge < -0.3 is 10.8 Å². The van der Waals surface area contributed by atoms with E-state index in [2.05, 4.69) is 4.98 Å². The molecule has 0 fully saturated rings. The molecule has 0 bridgehead atoms. The molecule has 98 valence electrons. The Balaban J connectivity index is 3.20. The SMILES string of the molecule is CC(C)(C)C(O)(CN)c1cnc(C(F)(F)F)s1. The second-order valence-electron chi connectivity index (χ2n) is 4.84. The Morgan fingerprint density at radius 3 is 2.18 bits per heavy atom. The molecule has 1 heterocycles. The van der Waals surface area contributed by atoms with Crippen molar-refractivity contribution in [2.24, 2.45) is 11.1 Å². The summed E-state index contributed by atoms with van der Waals surface area (Å²) in [5, 5.41) is 9.42. The lowest BCUT2D eigenvalue weighted by molar-refractivity contribution is -0.137. The van der Waals surface area contributed by atoms with Crippen LogP contribution in [0.15, 0.2) is 6.20 Å². The molecule has 0 saturated carbocycles. The van der Waals surface area contributed by atoms with E-state index in [-0.39, 0.29) is 11.4 Å². The molecule has 0 aliphatic carbocycles. The monoisotopic (exact) mass is 268 g/mol. The van der Waals surface area contributed by atoms with Gasteiger partial charge in [-0.2, -0.15) is 13.2 Å². The van der Waals surface area contributed by atoms with Crippen LogP contribution in [-0.2, 0) is 11.8 Å². The maximum absolute atomic E-state index is 12.4. The van der Waals surface area contributed by atoms with E-state index in [0.29, 0.717) is 11.3 Å². The van der Waals surface area contributed by atoms with Crippen molar-refractivity contribution in [1.29, 1.82) is 0 Å². The molecule has 1 atom stereocenters. The van der Waals surface area contributed by atoms with Crippen molar-refractivity contribution in [3.8, 4) is 0 Å². The fourth-order valence-electron chi connectivity index (χ4n) is 1.37. The first-order chi connectivity index (χ1) is 7.52. The van der Waals surface area contributed by atoms with E-state index in [1.807, 2.05) is 0 Å². The quantitative estimate of drug-likeness (QED) is 0.865. The first-order valence-electron chi connectivity index (χ1n) is 4.98. The van der Waals surface area contributed by atoms with Crippen molar-refractivity contribution < 1.29 is 18.3 Å².